The number of nitrogens with one attached hydrogen (secondary N) is 1. The Morgan fingerprint density at radius 3 is 2.47 bits per heavy atom. The maximum Gasteiger partial charge on any atom is 0.238 e. The van der Waals surface area contributed by atoms with Gasteiger partial charge in [0, 0.05) is 28.3 Å². The minimum absolute atomic E-state index is 0.0625. The van der Waals surface area contributed by atoms with E-state index in [1.54, 1.807) is 0 Å². The van der Waals surface area contributed by atoms with E-state index in [4.69, 9.17) is 5.14 Å². The third-order valence-corrected chi connectivity index (χ3v) is 5.31. The predicted octanol–water partition coefficient (Wildman–Crippen LogP) is 0.796. The van der Waals surface area contributed by atoms with Gasteiger partial charge in [0.05, 0.1) is 10.6 Å². The van der Waals surface area contributed by atoms with Gasteiger partial charge in [-0.1, -0.05) is 0 Å². The van der Waals surface area contributed by atoms with Crippen molar-refractivity contribution in [1.82, 2.24) is 0 Å². The lowest BCUT2D eigenvalue weighted by atomic mass is 10.1. The normalized spacial score (nSPS) is 24.1. The maximum atomic E-state index is 13.8. The molecule has 0 saturated carbocycles. The number of anilines is 1. The monoisotopic (exact) mass is 306 g/mol. The van der Waals surface area contributed by atoms with Crippen LogP contribution in [-0.4, -0.2) is 30.2 Å². The van der Waals surface area contributed by atoms with Gasteiger partial charge in [-0.2, -0.15) is 0 Å². The van der Waals surface area contributed by atoms with Crippen molar-refractivity contribution in [3.8, 4) is 0 Å². The third kappa shape index (κ3) is 3.74. The number of hydrogen-bond acceptors (Lipinski definition) is 4. The lowest BCUT2D eigenvalue weighted by Crippen LogP contribution is -2.29. The fourth-order valence-electron chi connectivity index (χ4n) is 1.95. The van der Waals surface area contributed by atoms with Crippen molar-refractivity contribution in [2.24, 2.45) is 5.14 Å². The molecule has 8 heteroatoms. The van der Waals surface area contributed by atoms with Crippen molar-refractivity contribution < 1.29 is 17.0 Å². The second-order valence-corrected chi connectivity index (χ2v) is 7.71. The topological polar surface area (TPSA) is 89.3 Å². The molecule has 0 amide bonds. The van der Waals surface area contributed by atoms with Gasteiger partial charge in [-0.25, -0.2) is 17.9 Å². The van der Waals surface area contributed by atoms with Crippen LogP contribution < -0.4 is 10.5 Å². The molecular weight excluding hydrogens is 291 g/mol. The predicted molar refractivity (Wildman–Crippen MR) is 72.3 cm³/mol. The average Bonchev–Trinajstić information content (AvgIpc) is 2.33. The number of benzene rings is 1. The first-order valence-corrected chi connectivity index (χ1v) is 8.83. The van der Waals surface area contributed by atoms with Crippen molar-refractivity contribution >= 4 is 26.5 Å². The van der Waals surface area contributed by atoms with Gasteiger partial charge in [0.1, 0.15) is 5.82 Å². The van der Waals surface area contributed by atoms with Crippen molar-refractivity contribution in [3.63, 3.8) is 0 Å². The van der Waals surface area contributed by atoms with Gasteiger partial charge in [-0.15, -0.1) is 0 Å². The Labute approximate surface area is 113 Å². The molecule has 1 fully saturated rings. The van der Waals surface area contributed by atoms with E-state index in [0.29, 0.717) is 24.3 Å². The SMILES string of the molecule is NS(=O)(=O)c1ccc(NC2CCS(=O)CC2)c(F)c1. The van der Waals surface area contributed by atoms with Crippen LogP contribution >= 0.6 is 0 Å². The second-order valence-electron chi connectivity index (χ2n) is 4.45. The molecule has 106 valence electrons. The molecule has 5 nitrogen and oxygen atoms in total. The summed E-state index contributed by atoms with van der Waals surface area (Å²) in [5.74, 6) is 0.557. The molecule has 0 radical (unpaired) electrons. The van der Waals surface area contributed by atoms with Gasteiger partial charge in [0.25, 0.3) is 0 Å². The van der Waals surface area contributed by atoms with Gasteiger partial charge in [-0.05, 0) is 31.0 Å². The van der Waals surface area contributed by atoms with Gasteiger partial charge in [0.15, 0.2) is 0 Å². The second kappa shape index (κ2) is 5.56. The highest BCUT2D eigenvalue weighted by atomic mass is 32.2. The lowest BCUT2D eigenvalue weighted by Gasteiger charge is -2.23. The summed E-state index contributed by atoms with van der Waals surface area (Å²) in [4.78, 5) is -0.250. The highest BCUT2D eigenvalue weighted by molar-refractivity contribution is 7.89. The standard InChI is InChI=1S/C11H15FN2O3S2/c12-10-7-9(19(13,16)17)1-2-11(10)14-8-3-5-18(15)6-4-8/h1-2,7-8,14H,3-6H2,(H2,13,16,17). The first-order chi connectivity index (χ1) is 8.86. The number of halogens is 1. The van der Waals surface area contributed by atoms with Crippen LogP contribution in [0, 0.1) is 5.82 Å². The molecule has 1 aromatic carbocycles. The van der Waals surface area contributed by atoms with Crippen molar-refractivity contribution in [1.29, 1.82) is 0 Å². The molecule has 0 atom stereocenters. The van der Waals surface area contributed by atoms with E-state index >= 15 is 0 Å². The van der Waals surface area contributed by atoms with Gasteiger partial charge >= 0.3 is 0 Å². The Hall–Kier alpha value is -0.990. The van der Waals surface area contributed by atoms with Gasteiger partial charge in [0.2, 0.25) is 10.0 Å². The molecule has 0 spiro atoms. The molecule has 0 unspecified atom stereocenters. The Bertz CT molecular complexity index is 594. The fourth-order valence-corrected chi connectivity index (χ4v) is 3.77. The third-order valence-electron chi connectivity index (χ3n) is 3.02. The highest BCUT2D eigenvalue weighted by Crippen LogP contribution is 2.21. The van der Waals surface area contributed by atoms with Crippen LogP contribution in [0.1, 0.15) is 12.8 Å². The number of primary sulfonamides is 1. The Morgan fingerprint density at radius 2 is 1.95 bits per heavy atom. The van der Waals surface area contributed by atoms with E-state index in [1.807, 2.05) is 0 Å². The molecule has 0 bridgehead atoms. The maximum absolute atomic E-state index is 13.8. The lowest BCUT2D eigenvalue weighted by molar-refractivity contribution is 0.589. The molecule has 19 heavy (non-hydrogen) atoms. The largest absolute Gasteiger partial charge is 0.380 e. The van der Waals surface area contributed by atoms with Crippen molar-refractivity contribution in [3.05, 3.63) is 24.0 Å². The summed E-state index contributed by atoms with van der Waals surface area (Å²) >= 11 is 0. The van der Waals surface area contributed by atoms with Crippen LogP contribution in [0.3, 0.4) is 0 Å². The van der Waals surface area contributed by atoms with Crippen LogP contribution in [0.25, 0.3) is 0 Å². The number of hydrogen-bond donors (Lipinski definition) is 2. The van der Waals surface area contributed by atoms with Crippen LogP contribution in [-0.2, 0) is 20.8 Å². The van der Waals surface area contributed by atoms with Gasteiger partial charge < -0.3 is 5.32 Å². The Morgan fingerprint density at radius 1 is 1.32 bits per heavy atom. The molecule has 1 aromatic rings. The van der Waals surface area contributed by atoms with Crippen molar-refractivity contribution in [2.75, 3.05) is 16.8 Å². The molecular formula is C11H15FN2O3S2. The summed E-state index contributed by atoms with van der Waals surface area (Å²) in [6.07, 6.45) is 1.42. The molecule has 2 rings (SSSR count). The first kappa shape index (κ1) is 14.4. The van der Waals surface area contributed by atoms with E-state index in [0.717, 1.165) is 6.07 Å². The first-order valence-electron chi connectivity index (χ1n) is 5.80. The average molecular weight is 306 g/mol. The van der Waals surface area contributed by atoms with Crippen LogP contribution in [0.15, 0.2) is 23.1 Å². The molecule has 1 saturated heterocycles. The van der Waals surface area contributed by atoms with Gasteiger partial charge in [-0.3, -0.25) is 4.21 Å². The number of sulfonamides is 1. The summed E-state index contributed by atoms with van der Waals surface area (Å²) in [5.41, 5.74) is 0.241. The van der Waals surface area contributed by atoms with E-state index in [-0.39, 0.29) is 16.6 Å². The van der Waals surface area contributed by atoms with Crippen LogP contribution in [0.4, 0.5) is 10.1 Å². The van der Waals surface area contributed by atoms with E-state index in [2.05, 4.69) is 5.32 Å². The summed E-state index contributed by atoms with van der Waals surface area (Å²) < 4.78 is 47.1. The van der Waals surface area contributed by atoms with Crippen LogP contribution in [0.5, 0.6) is 0 Å². The fraction of sp³-hybridized carbons (Fsp3) is 0.455. The van der Waals surface area contributed by atoms with E-state index in [1.165, 1.54) is 12.1 Å². The summed E-state index contributed by atoms with van der Waals surface area (Å²) in [5, 5.41) is 7.93. The summed E-state index contributed by atoms with van der Waals surface area (Å²) in [6.45, 7) is 0. The number of nitrogens with two attached hydrogens (primary N) is 1. The summed E-state index contributed by atoms with van der Waals surface area (Å²) in [7, 11) is -4.66. The number of rotatable bonds is 3. The highest BCUT2D eigenvalue weighted by Gasteiger charge is 2.19. The zero-order chi connectivity index (χ0) is 14.0. The molecule has 1 aliphatic heterocycles. The van der Waals surface area contributed by atoms with E-state index in [9.17, 15) is 17.0 Å². The smallest absolute Gasteiger partial charge is 0.238 e. The Kier molecular flexibility index (Phi) is 4.22. The molecule has 1 aliphatic rings. The van der Waals surface area contributed by atoms with E-state index < -0.39 is 26.6 Å². The minimum atomic E-state index is -3.89. The molecule has 1 heterocycles. The molecule has 0 aromatic heterocycles. The molecule has 0 aliphatic carbocycles. The zero-order valence-electron chi connectivity index (χ0n) is 10.1. The van der Waals surface area contributed by atoms with Crippen LogP contribution in [0.2, 0.25) is 0 Å². The minimum Gasteiger partial charge on any atom is -0.380 e. The summed E-state index contributed by atoms with van der Waals surface area (Å²) in [6, 6.07) is 3.59. The Balaban J connectivity index is 2.11. The molecule has 3 N–H and O–H groups in total. The quantitative estimate of drug-likeness (QED) is 0.864. The zero-order valence-corrected chi connectivity index (χ0v) is 11.8. The van der Waals surface area contributed by atoms with Crippen molar-refractivity contribution in [2.45, 2.75) is 23.8 Å².